The van der Waals surface area contributed by atoms with Gasteiger partial charge in [-0.3, -0.25) is 4.79 Å². The van der Waals surface area contributed by atoms with E-state index in [1.807, 2.05) is 19.1 Å². The van der Waals surface area contributed by atoms with Crippen molar-refractivity contribution in [2.75, 3.05) is 14.2 Å². The van der Waals surface area contributed by atoms with Crippen LogP contribution in [0.3, 0.4) is 0 Å². The maximum absolute atomic E-state index is 12.2. The molecule has 0 aliphatic rings. The number of carbonyl (C=O) groups is 1. The second kappa shape index (κ2) is 8.30. The predicted molar refractivity (Wildman–Crippen MR) is 101 cm³/mol. The Morgan fingerprint density at radius 2 is 1.79 bits per heavy atom. The van der Waals surface area contributed by atoms with Gasteiger partial charge < -0.3 is 9.47 Å². The molecular formula is C17H16Br2N2O3. The van der Waals surface area contributed by atoms with Crippen LogP contribution in [0.15, 0.2) is 44.4 Å². The highest BCUT2D eigenvalue weighted by Crippen LogP contribution is 2.26. The van der Waals surface area contributed by atoms with E-state index in [1.54, 1.807) is 31.5 Å². The van der Waals surface area contributed by atoms with Crippen LogP contribution in [-0.4, -0.2) is 26.3 Å². The number of hydrogen-bond donors (Lipinski definition) is 1. The third-order valence-corrected chi connectivity index (χ3v) is 4.98. The molecule has 5 nitrogen and oxygen atoms in total. The lowest BCUT2D eigenvalue weighted by Gasteiger charge is -2.09. The van der Waals surface area contributed by atoms with Gasteiger partial charge in [0.15, 0.2) is 0 Å². The first-order valence-corrected chi connectivity index (χ1v) is 8.56. The van der Waals surface area contributed by atoms with Crippen molar-refractivity contribution in [1.29, 1.82) is 0 Å². The molecule has 1 amide bonds. The third kappa shape index (κ3) is 4.36. The van der Waals surface area contributed by atoms with E-state index in [9.17, 15) is 4.79 Å². The molecule has 2 aromatic carbocycles. The van der Waals surface area contributed by atoms with E-state index in [0.29, 0.717) is 17.1 Å². The summed E-state index contributed by atoms with van der Waals surface area (Å²) >= 11 is 6.96. The van der Waals surface area contributed by atoms with Gasteiger partial charge in [-0.05, 0) is 42.3 Å². The molecule has 0 aromatic heterocycles. The molecule has 7 heteroatoms. The zero-order valence-electron chi connectivity index (χ0n) is 13.4. The van der Waals surface area contributed by atoms with Gasteiger partial charge in [0, 0.05) is 15.0 Å². The molecule has 1 N–H and O–H groups in total. The minimum atomic E-state index is -0.365. The second-order valence-electron chi connectivity index (χ2n) is 4.87. The zero-order chi connectivity index (χ0) is 17.7. The number of rotatable bonds is 5. The van der Waals surface area contributed by atoms with E-state index in [0.717, 1.165) is 20.1 Å². The van der Waals surface area contributed by atoms with Crippen molar-refractivity contribution < 1.29 is 14.3 Å². The lowest BCUT2D eigenvalue weighted by molar-refractivity contribution is 0.0952. The molecular weight excluding hydrogens is 440 g/mol. The minimum absolute atomic E-state index is 0.365. The number of nitrogens with zero attached hydrogens (tertiary/aromatic N) is 1. The van der Waals surface area contributed by atoms with Crippen LogP contribution in [0.1, 0.15) is 21.5 Å². The van der Waals surface area contributed by atoms with Crippen LogP contribution in [0.25, 0.3) is 0 Å². The van der Waals surface area contributed by atoms with Crippen LogP contribution in [0, 0.1) is 6.92 Å². The molecule has 0 aliphatic heterocycles. The van der Waals surface area contributed by atoms with Gasteiger partial charge >= 0.3 is 0 Å². The van der Waals surface area contributed by atoms with Gasteiger partial charge in [-0.25, -0.2) is 5.43 Å². The number of nitrogens with one attached hydrogen (secondary N) is 1. The smallest absolute Gasteiger partial charge is 0.275 e. The van der Waals surface area contributed by atoms with Gasteiger partial charge in [-0.15, -0.1) is 0 Å². The Bertz CT molecular complexity index is 768. The summed E-state index contributed by atoms with van der Waals surface area (Å²) in [6.45, 7) is 1.99. The number of hydrazone groups is 1. The van der Waals surface area contributed by atoms with Crippen molar-refractivity contribution in [2.45, 2.75) is 6.92 Å². The average molecular weight is 456 g/mol. The fourth-order valence-corrected chi connectivity index (χ4v) is 3.17. The SMILES string of the molecule is COc1ccc(C(=O)NN=Cc2cc(Br)c(C)c(Br)c2)c(OC)c1. The van der Waals surface area contributed by atoms with Crippen molar-refractivity contribution >= 4 is 44.0 Å². The Morgan fingerprint density at radius 3 is 2.38 bits per heavy atom. The van der Waals surface area contributed by atoms with Gasteiger partial charge in [-0.2, -0.15) is 5.10 Å². The summed E-state index contributed by atoms with van der Waals surface area (Å²) < 4.78 is 12.2. The van der Waals surface area contributed by atoms with Gasteiger partial charge in [0.1, 0.15) is 11.5 Å². The molecule has 0 spiro atoms. The molecule has 24 heavy (non-hydrogen) atoms. The molecule has 2 rings (SSSR count). The van der Waals surface area contributed by atoms with E-state index in [-0.39, 0.29) is 5.91 Å². The molecule has 2 aromatic rings. The monoisotopic (exact) mass is 454 g/mol. The molecule has 0 heterocycles. The number of methoxy groups -OCH3 is 2. The van der Waals surface area contributed by atoms with Crippen molar-refractivity contribution in [3.05, 3.63) is 56.0 Å². The Morgan fingerprint density at radius 1 is 1.12 bits per heavy atom. The van der Waals surface area contributed by atoms with E-state index < -0.39 is 0 Å². The topological polar surface area (TPSA) is 59.9 Å². The van der Waals surface area contributed by atoms with Gasteiger partial charge in [0.05, 0.1) is 26.0 Å². The third-order valence-electron chi connectivity index (χ3n) is 3.34. The summed E-state index contributed by atoms with van der Waals surface area (Å²) in [7, 11) is 3.05. The molecule has 0 unspecified atom stereocenters. The molecule has 0 fully saturated rings. The second-order valence-corrected chi connectivity index (χ2v) is 6.58. The largest absolute Gasteiger partial charge is 0.497 e. The van der Waals surface area contributed by atoms with Crippen molar-refractivity contribution in [1.82, 2.24) is 5.43 Å². The van der Waals surface area contributed by atoms with Gasteiger partial charge in [-0.1, -0.05) is 31.9 Å². The van der Waals surface area contributed by atoms with Crippen LogP contribution < -0.4 is 14.9 Å². The van der Waals surface area contributed by atoms with E-state index in [2.05, 4.69) is 42.4 Å². The van der Waals surface area contributed by atoms with Crippen LogP contribution in [0.4, 0.5) is 0 Å². The highest BCUT2D eigenvalue weighted by Gasteiger charge is 2.12. The standard InChI is InChI=1S/C17H16Br2N2O3/c1-10-14(18)6-11(7-15(10)19)9-20-21-17(22)13-5-4-12(23-2)8-16(13)24-3/h4-9H,1-3H3,(H,21,22). The van der Waals surface area contributed by atoms with Crippen LogP contribution in [0.2, 0.25) is 0 Å². The van der Waals surface area contributed by atoms with Crippen molar-refractivity contribution in [3.8, 4) is 11.5 Å². The Labute approximate surface area is 157 Å². The molecule has 0 bridgehead atoms. The summed E-state index contributed by atoms with van der Waals surface area (Å²) in [5.41, 5.74) is 4.81. The first-order chi connectivity index (χ1) is 11.5. The van der Waals surface area contributed by atoms with Crippen LogP contribution in [-0.2, 0) is 0 Å². The number of carbonyl (C=O) groups excluding carboxylic acids is 1. The average Bonchev–Trinajstić information content (AvgIpc) is 2.58. The summed E-state index contributed by atoms with van der Waals surface area (Å²) in [5.74, 6) is 0.667. The summed E-state index contributed by atoms with van der Waals surface area (Å²) in [4.78, 5) is 12.2. The number of ether oxygens (including phenoxy) is 2. The molecule has 0 radical (unpaired) electrons. The summed E-state index contributed by atoms with van der Waals surface area (Å²) in [5, 5.41) is 3.99. The number of benzene rings is 2. The summed E-state index contributed by atoms with van der Waals surface area (Å²) in [6.07, 6.45) is 1.57. The van der Waals surface area contributed by atoms with Crippen LogP contribution >= 0.6 is 31.9 Å². The summed E-state index contributed by atoms with van der Waals surface area (Å²) in [6, 6.07) is 8.80. The van der Waals surface area contributed by atoms with Gasteiger partial charge in [0.25, 0.3) is 5.91 Å². The first-order valence-electron chi connectivity index (χ1n) is 6.97. The minimum Gasteiger partial charge on any atom is -0.497 e. The molecule has 0 saturated heterocycles. The highest BCUT2D eigenvalue weighted by molar-refractivity contribution is 9.11. The lowest BCUT2D eigenvalue weighted by Crippen LogP contribution is -2.18. The van der Waals surface area contributed by atoms with E-state index in [4.69, 9.17) is 9.47 Å². The van der Waals surface area contributed by atoms with E-state index in [1.165, 1.54) is 7.11 Å². The van der Waals surface area contributed by atoms with Crippen molar-refractivity contribution in [3.63, 3.8) is 0 Å². The van der Waals surface area contributed by atoms with E-state index >= 15 is 0 Å². The maximum atomic E-state index is 12.2. The van der Waals surface area contributed by atoms with Crippen molar-refractivity contribution in [2.24, 2.45) is 5.10 Å². The fourth-order valence-electron chi connectivity index (χ4n) is 1.95. The number of amides is 1. The Hall–Kier alpha value is -1.86. The number of halogens is 2. The predicted octanol–water partition coefficient (Wildman–Crippen LogP) is 4.30. The molecule has 0 atom stereocenters. The first kappa shape index (κ1) is 18.5. The zero-order valence-corrected chi connectivity index (χ0v) is 16.6. The fraction of sp³-hybridized carbons (Fsp3) is 0.176. The highest BCUT2D eigenvalue weighted by atomic mass is 79.9. The Kier molecular flexibility index (Phi) is 6.39. The lowest BCUT2D eigenvalue weighted by atomic mass is 10.2. The van der Waals surface area contributed by atoms with Gasteiger partial charge in [0.2, 0.25) is 0 Å². The Balaban J connectivity index is 2.13. The molecule has 0 aliphatic carbocycles. The number of hydrogen-bond acceptors (Lipinski definition) is 4. The normalized spacial score (nSPS) is 10.7. The quantitative estimate of drug-likeness (QED) is 0.540. The molecule has 0 saturated carbocycles. The van der Waals surface area contributed by atoms with Crippen LogP contribution in [0.5, 0.6) is 11.5 Å². The maximum Gasteiger partial charge on any atom is 0.275 e. The molecule has 126 valence electrons.